The number of aliphatic hydroxyl groups is 1. The van der Waals surface area contributed by atoms with E-state index in [1.54, 1.807) is 36.5 Å². The number of amides is 1. The van der Waals surface area contributed by atoms with Crippen molar-refractivity contribution in [2.75, 3.05) is 40.4 Å². The van der Waals surface area contributed by atoms with Gasteiger partial charge in [-0.2, -0.15) is 0 Å². The number of ether oxygens (including phenoxy) is 4. The summed E-state index contributed by atoms with van der Waals surface area (Å²) in [4.78, 5) is 12.2. The molecule has 0 saturated heterocycles. The van der Waals surface area contributed by atoms with Crippen LogP contribution in [-0.4, -0.2) is 57.3 Å². The summed E-state index contributed by atoms with van der Waals surface area (Å²) in [5.74, 6) is 1.72. The van der Waals surface area contributed by atoms with Crippen molar-refractivity contribution in [3.63, 3.8) is 0 Å². The maximum Gasteiger partial charge on any atom is 0.243 e. The van der Waals surface area contributed by atoms with E-state index in [-0.39, 0.29) is 0 Å². The third-order valence-corrected chi connectivity index (χ3v) is 4.80. The molecule has 0 aliphatic carbocycles. The molecule has 0 radical (unpaired) electrons. The van der Waals surface area contributed by atoms with E-state index in [4.69, 9.17) is 34.3 Å². The average molecular weight is 443 g/mol. The minimum Gasteiger partial charge on any atom is -0.495 e. The zero-order chi connectivity index (χ0) is 23.3. The summed E-state index contributed by atoms with van der Waals surface area (Å²) in [6.45, 7) is -0.481. The first-order chi connectivity index (χ1) is 15.5. The Morgan fingerprint density at radius 3 is 2.25 bits per heavy atom. The highest BCUT2D eigenvalue weighted by atomic mass is 16.5. The predicted octanol–water partition coefficient (Wildman–Crippen LogP) is 2.30. The number of aromatic nitrogens is 1. The van der Waals surface area contributed by atoms with Gasteiger partial charge in [0.15, 0.2) is 17.3 Å². The van der Waals surface area contributed by atoms with Crippen LogP contribution in [0.15, 0.2) is 41.1 Å². The minimum absolute atomic E-state index is 0.385. The number of nitrogens with one attached hydrogen (secondary N) is 1. The molecule has 1 aromatic heterocycles. The summed E-state index contributed by atoms with van der Waals surface area (Å²) >= 11 is 0. The number of rotatable bonds is 9. The number of carbonyl (C=O) groups excluding carboxylic acids is 1. The SMILES string of the molecule is COc1ccc(-c2cnoc2-c2cc(OC)c(OC)c(OC)c2)cc1NC(=O)C(N)CO. The third kappa shape index (κ3) is 4.46. The quantitative estimate of drug-likeness (QED) is 0.455. The Kier molecular flexibility index (Phi) is 7.18. The van der Waals surface area contributed by atoms with Crippen LogP contribution in [0.4, 0.5) is 5.69 Å². The van der Waals surface area contributed by atoms with Crippen molar-refractivity contribution in [3.05, 3.63) is 36.5 Å². The van der Waals surface area contributed by atoms with Crippen molar-refractivity contribution < 1.29 is 33.4 Å². The number of anilines is 1. The van der Waals surface area contributed by atoms with Crippen LogP contribution in [0.1, 0.15) is 0 Å². The molecule has 10 nitrogen and oxygen atoms in total. The first kappa shape index (κ1) is 22.9. The number of nitrogens with zero attached hydrogens (tertiary/aromatic N) is 1. The lowest BCUT2D eigenvalue weighted by Crippen LogP contribution is -2.38. The van der Waals surface area contributed by atoms with Gasteiger partial charge in [-0.05, 0) is 29.8 Å². The van der Waals surface area contributed by atoms with E-state index in [0.29, 0.717) is 51.1 Å². The van der Waals surface area contributed by atoms with E-state index in [0.717, 1.165) is 0 Å². The first-order valence-electron chi connectivity index (χ1n) is 9.58. The Hall–Kier alpha value is -3.76. The average Bonchev–Trinajstić information content (AvgIpc) is 3.32. The molecule has 32 heavy (non-hydrogen) atoms. The molecule has 0 aliphatic rings. The van der Waals surface area contributed by atoms with Gasteiger partial charge in [0.05, 0.1) is 46.9 Å². The topological polar surface area (TPSA) is 138 Å². The molecule has 1 amide bonds. The normalized spacial score (nSPS) is 11.6. The summed E-state index contributed by atoms with van der Waals surface area (Å²) in [6, 6.07) is 7.63. The number of hydrogen-bond donors (Lipinski definition) is 3. The van der Waals surface area contributed by atoms with Crippen molar-refractivity contribution in [3.8, 4) is 45.4 Å². The Morgan fingerprint density at radius 2 is 1.69 bits per heavy atom. The fourth-order valence-electron chi connectivity index (χ4n) is 3.15. The largest absolute Gasteiger partial charge is 0.495 e. The van der Waals surface area contributed by atoms with Crippen LogP contribution in [-0.2, 0) is 4.79 Å². The molecule has 1 unspecified atom stereocenters. The van der Waals surface area contributed by atoms with Crippen LogP contribution in [0.2, 0.25) is 0 Å². The van der Waals surface area contributed by atoms with E-state index in [9.17, 15) is 4.79 Å². The molecule has 0 bridgehead atoms. The van der Waals surface area contributed by atoms with Gasteiger partial charge in [0, 0.05) is 11.1 Å². The van der Waals surface area contributed by atoms with Gasteiger partial charge in [0.2, 0.25) is 11.7 Å². The summed E-state index contributed by atoms with van der Waals surface area (Å²) in [5, 5.41) is 15.7. The second-order valence-electron chi connectivity index (χ2n) is 6.68. The Labute approximate surface area is 184 Å². The molecule has 170 valence electrons. The van der Waals surface area contributed by atoms with Crippen LogP contribution in [0.3, 0.4) is 0 Å². The van der Waals surface area contributed by atoms with Gasteiger partial charge in [-0.3, -0.25) is 4.79 Å². The van der Waals surface area contributed by atoms with E-state index in [1.807, 2.05) is 0 Å². The molecule has 1 atom stereocenters. The minimum atomic E-state index is -1.06. The highest BCUT2D eigenvalue weighted by Gasteiger charge is 2.21. The number of methoxy groups -OCH3 is 4. The van der Waals surface area contributed by atoms with Crippen molar-refractivity contribution >= 4 is 11.6 Å². The number of hydrogen-bond acceptors (Lipinski definition) is 9. The van der Waals surface area contributed by atoms with Crippen LogP contribution in [0.5, 0.6) is 23.0 Å². The fraction of sp³-hybridized carbons (Fsp3) is 0.273. The lowest BCUT2D eigenvalue weighted by molar-refractivity contribution is -0.118. The van der Waals surface area contributed by atoms with E-state index in [1.165, 1.54) is 28.4 Å². The molecule has 10 heteroatoms. The lowest BCUT2D eigenvalue weighted by Gasteiger charge is -2.15. The predicted molar refractivity (Wildman–Crippen MR) is 117 cm³/mol. The smallest absolute Gasteiger partial charge is 0.243 e. The number of benzene rings is 2. The van der Waals surface area contributed by atoms with Crippen LogP contribution >= 0.6 is 0 Å². The zero-order valence-corrected chi connectivity index (χ0v) is 18.2. The Balaban J connectivity index is 2.07. The number of carbonyl (C=O) groups is 1. The molecule has 1 heterocycles. The van der Waals surface area contributed by atoms with Crippen molar-refractivity contribution in [2.24, 2.45) is 5.73 Å². The van der Waals surface area contributed by atoms with Crippen molar-refractivity contribution in [1.82, 2.24) is 5.16 Å². The number of aliphatic hydroxyl groups excluding tert-OH is 1. The summed E-state index contributed by atoms with van der Waals surface area (Å²) < 4.78 is 27.1. The van der Waals surface area contributed by atoms with Gasteiger partial charge < -0.3 is 39.6 Å². The molecule has 0 fully saturated rings. The van der Waals surface area contributed by atoms with E-state index >= 15 is 0 Å². The summed E-state index contributed by atoms with van der Waals surface area (Å²) in [6.07, 6.45) is 1.56. The molecule has 3 rings (SSSR count). The van der Waals surface area contributed by atoms with Crippen LogP contribution in [0, 0.1) is 0 Å². The van der Waals surface area contributed by atoms with Gasteiger partial charge in [-0.1, -0.05) is 11.2 Å². The van der Waals surface area contributed by atoms with E-state index in [2.05, 4.69) is 10.5 Å². The summed E-state index contributed by atoms with van der Waals surface area (Å²) in [7, 11) is 6.06. The van der Waals surface area contributed by atoms with Crippen LogP contribution < -0.4 is 30.0 Å². The maximum atomic E-state index is 12.2. The second-order valence-corrected chi connectivity index (χ2v) is 6.68. The zero-order valence-electron chi connectivity index (χ0n) is 18.2. The first-order valence-corrected chi connectivity index (χ1v) is 9.58. The van der Waals surface area contributed by atoms with Gasteiger partial charge in [0.25, 0.3) is 0 Å². The maximum absolute atomic E-state index is 12.2. The number of nitrogens with two attached hydrogens (primary N) is 1. The van der Waals surface area contributed by atoms with Gasteiger partial charge in [0.1, 0.15) is 11.8 Å². The molecule has 0 saturated carbocycles. The van der Waals surface area contributed by atoms with Gasteiger partial charge >= 0.3 is 0 Å². The van der Waals surface area contributed by atoms with Gasteiger partial charge in [-0.25, -0.2) is 0 Å². The molecular weight excluding hydrogens is 418 g/mol. The van der Waals surface area contributed by atoms with Crippen molar-refractivity contribution in [1.29, 1.82) is 0 Å². The fourth-order valence-corrected chi connectivity index (χ4v) is 3.15. The van der Waals surface area contributed by atoms with Crippen molar-refractivity contribution in [2.45, 2.75) is 6.04 Å². The lowest BCUT2D eigenvalue weighted by atomic mass is 10.0. The van der Waals surface area contributed by atoms with Gasteiger partial charge in [-0.15, -0.1) is 0 Å². The Morgan fingerprint density at radius 1 is 1.03 bits per heavy atom. The third-order valence-electron chi connectivity index (χ3n) is 4.80. The highest BCUT2D eigenvalue weighted by Crippen LogP contribution is 2.44. The molecule has 4 N–H and O–H groups in total. The second kappa shape index (κ2) is 10.0. The highest BCUT2D eigenvalue weighted by molar-refractivity contribution is 5.97. The molecule has 0 spiro atoms. The van der Waals surface area contributed by atoms with E-state index < -0.39 is 18.6 Å². The monoisotopic (exact) mass is 443 g/mol. The Bertz CT molecular complexity index is 1070. The molecule has 3 aromatic rings. The molecule has 2 aromatic carbocycles. The molecule has 0 aliphatic heterocycles. The van der Waals surface area contributed by atoms with Crippen LogP contribution in [0.25, 0.3) is 22.5 Å². The standard InChI is InChI=1S/C22H25N3O7/c1-28-17-6-5-12(7-16(17)25-22(27)15(23)11-26)14-10-24-32-20(14)13-8-18(29-2)21(31-4)19(9-13)30-3/h5-10,15,26H,11,23H2,1-4H3,(H,25,27). The molecular formula is C22H25N3O7. The summed E-state index contributed by atoms with van der Waals surface area (Å²) in [5.41, 5.74) is 7.99.